The number of nitrogens with one attached hydrogen (secondary N) is 1. The number of benzene rings is 1. The molecule has 0 spiro atoms. The van der Waals surface area contributed by atoms with Gasteiger partial charge in [-0.05, 0) is 30.9 Å². The van der Waals surface area contributed by atoms with E-state index < -0.39 is 41.5 Å². The van der Waals surface area contributed by atoms with Crippen molar-refractivity contribution in [3.05, 3.63) is 36.9 Å². The van der Waals surface area contributed by atoms with E-state index >= 15 is 0 Å². The summed E-state index contributed by atoms with van der Waals surface area (Å²) in [5, 5.41) is 2.59. The lowest BCUT2D eigenvalue weighted by Gasteiger charge is -2.27. The second-order valence-corrected chi connectivity index (χ2v) is 7.99. The second-order valence-electron chi connectivity index (χ2n) is 7.99. The van der Waals surface area contributed by atoms with Crippen LogP contribution in [0.15, 0.2) is 36.9 Å². The van der Waals surface area contributed by atoms with Crippen LogP contribution in [-0.2, 0) is 19.2 Å². The maximum Gasteiger partial charge on any atom is 0.259 e. The van der Waals surface area contributed by atoms with Crippen LogP contribution >= 0.6 is 0 Å². The largest absolute Gasteiger partial charge is 0.369 e. The van der Waals surface area contributed by atoms with Gasteiger partial charge < -0.3 is 20.9 Å². The molecule has 0 saturated heterocycles. The molecule has 0 aliphatic carbocycles. The number of allylic oxidation sites excluding steroid dienone is 1. The molecule has 1 heterocycles. The first-order chi connectivity index (χ1) is 14.1. The molecule has 0 radical (unpaired) electrons. The monoisotopic (exact) mass is 414 g/mol. The smallest absolute Gasteiger partial charge is 0.259 e. The number of primary amides is 1. The van der Waals surface area contributed by atoms with Crippen molar-refractivity contribution < 1.29 is 19.2 Å². The molecule has 0 aromatic heterocycles. The van der Waals surface area contributed by atoms with E-state index in [0.29, 0.717) is 17.8 Å². The fraction of sp³-hybridized carbons (Fsp3) is 0.455. The maximum atomic E-state index is 13.2. The van der Waals surface area contributed by atoms with Gasteiger partial charge in [-0.3, -0.25) is 19.2 Å². The van der Waals surface area contributed by atoms with Gasteiger partial charge in [-0.25, -0.2) is 0 Å². The summed E-state index contributed by atoms with van der Waals surface area (Å²) < 4.78 is 0. The van der Waals surface area contributed by atoms with Crippen molar-refractivity contribution in [2.24, 2.45) is 23.5 Å². The summed E-state index contributed by atoms with van der Waals surface area (Å²) in [5.74, 6) is -3.70. The summed E-state index contributed by atoms with van der Waals surface area (Å²) in [5.41, 5.74) is 6.67. The van der Waals surface area contributed by atoms with Crippen LogP contribution < -0.4 is 20.9 Å². The van der Waals surface area contributed by atoms with Crippen LogP contribution in [0.3, 0.4) is 0 Å². The summed E-state index contributed by atoms with van der Waals surface area (Å²) in [6.45, 7) is 7.48. The van der Waals surface area contributed by atoms with E-state index in [1.807, 2.05) is 13.8 Å². The van der Waals surface area contributed by atoms with Gasteiger partial charge in [0.05, 0.1) is 23.2 Å². The number of likely N-dealkylation sites (N-methyl/N-ethyl adjacent to an activating group) is 2. The molecule has 8 nitrogen and oxygen atoms in total. The van der Waals surface area contributed by atoms with Gasteiger partial charge in [-0.1, -0.05) is 32.1 Å². The SMILES string of the molecule is C=CCC(C(N)=O)C(CC(C)C)C(=O)NC1C(=O)N(C)c2ccccc2N(C)C1=O. The third-order valence-corrected chi connectivity index (χ3v) is 5.38. The number of amides is 4. The van der Waals surface area contributed by atoms with E-state index in [9.17, 15) is 19.2 Å². The zero-order chi connectivity index (χ0) is 22.6. The van der Waals surface area contributed by atoms with Crippen LogP contribution in [-0.4, -0.2) is 43.8 Å². The molecule has 1 aromatic carbocycles. The average molecular weight is 415 g/mol. The Hall–Kier alpha value is -3.16. The number of fused-ring (bicyclic) bond motifs is 1. The summed E-state index contributed by atoms with van der Waals surface area (Å²) in [4.78, 5) is 53.9. The highest BCUT2D eigenvalue weighted by Crippen LogP contribution is 2.31. The fourth-order valence-corrected chi connectivity index (χ4v) is 3.75. The molecule has 0 fully saturated rings. The van der Waals surface area contributed by atoms with Gasteiger partial charge in [0.15, 0.2) is 6.04 Å². The van der Waals surface area contributed by atoms with Gasteiger partial charge in [0.1, 0.15) is 0 Å². The summed E-state index contributed by atoms with van der Waals surface area (Å²) in [7, 11) is 3.12. The third-order valence-electron chi connectivity index (χ3n) is 5.38. The highest BCUT2D eigenvalue weighted by atomic mass is 16.2. The maximum absolute atomic E-state index is 13.2. The first-order valence-corrected chi connectivity index (χ1v) is 9.94. The normalized spacial score (nSPS) is 16.7. The van der Waals surface area contributed by atoms with Crippen LogP contribution in [0.1, 0.15) is 26.7 Å². The molecule has 2 rings (SSSR count). The van der Waals surface area contributed by atoms with Crippen LogP contribution in [0.2, 0.25) is 0 Å². The van der Waals surface area contributed by atoms with Gasteiger partial charge in [0, 0.05) is 14.1 Å². The highest BCUT2D eigenvalue weighted by molar-refractivity contribution is 6.21. The number of rotatable bonds is 8. The molecule has 0 bridgehead atoms. The number of carbonyl (C=O) groups excluding carboxylic acids is 4. The van der Waals surface area contributed by atoms with Crippen molar-refractivity contribution in [1.82, 2.24) is 5.32 Å². The molecule has 1 aliphatic rings. The number of anilines is 2. The minimum Gasteiger partial charge on any atom is -0.369 e. The summed E-state index contributed by atoms with van der Waals surface area (Å²) in [6.07, 6.45) is 2.16. The lowest BCUT2D eigenvalue weighted by molar-refractivity contribution is -0.138. The van der Waals surface area contributed by atoms with Crippen molar-refractivity contribution >= 4 is 35.0 Å². The third kappa shape index (κ3) is 4.69. The minimum absolute atomic E-state index is 0.0996. The lowest BCUT2D eigenvalue weighted by atomic mass is 9.82. The molecule has 30 heavy (non-hydrogen) atoms. The number of carbonyl (C=O) groups is 4. The van der Waals surface area contributed by atoms with Crippen LogP contribution in [0.5, 0.6) is 0 Å². The van der Waals surface area contributed by atoms with E-state index in [0.717, 1.165) is 0 Å². The predicted molar refractivity (Wildman–Crippen MR) is 116 cm³/mol. The molecule has 1 aromatic rings. The van der Waals surface area contributed by atoms with Crippen molar-refractivity contribution in [3.63, 3.8) is 0 Å². The molecule has 2 atom stereocenters. The number of hydrogen-bond acceptors (Lipinski definition) is 4. The summed E-state index contributed by atoms with van der Waals surface area (Å²) in [6, 6.07) is 5.61. The molecule has 3 N–H and O–H groups in total. The Morgan fingerprint density at radius 3 is 2.00 bits per heavy atom. The van der Waals surface area contributed by atoms with Crippen molar-refractivity contribution in [3.8, 4) is 0 Å². The van der Waals surface area contributed by atoms with Crippen molar-refractivity contribution in [1.29, 1.82) is 0 Å². The van der Waals surface area contributed by atoms with Gasteiger partial charge in [-0.2, -0.15) is 0 Å². The summed E-state index contributed by atoms with van der Waals surface area (Å²) >= 11 is 0. The van der Waals surface area contributed by atoms with E-state index in [2.05, 4.69) is 11.9 Å². The number of nitrogens with two attached hydrogens (primary N) is 1. The van der Waals surface area contributed by atoms with Gasteiger partial charge in [0.25, 0.3) is 11.8 Å². The first kappa shape index (κ1) is 23.1. The molecule has 8 heteroatoms. The highest BCUT2D eigenvalue weighted by Gasteiger charge is 2.41. The van der Waals surface area contributed by atoms with Crippen molar-refractivity contribution in [2.45, 2.75) is 32.7 Å². The molecule has 1 aliphatic heterocycles. The molecular formula is C22H30N4O4. The zero-order valence-corrected chi connectivity index (χ0v) is 17.9. The number of hydrogen-bond donors (Lipinski definition) is 2. The molecule has 4 amide bonds. The Bertz CT molecular complexity index is 810. The van der Waals surface area contributed by atoms with E-state index in [1.165, 1.54) is 15.9 Å². The molecular weight excluding hydrogens is 384 g/mol. The predicted octanol–water partition coefficient (Wildman–Crippen LogP) is 1.45. The van der Waals surface area contributed by atoms with Crippen LogP contribution in [0, 0.1) is 17.8 Å². The van der Waals surface area contributed by atoms with Gasteiger partial charge >= 0.3 is 0 Å². The zero-order valence-electron chi connectivity index (χ0n) is 17.9. The van der Waals surface area contributed by atoms with Gasteiger partial charge in [0.2, 0.25) is 11.8 Å². The standard InChI is InChI=1S/C22H30N4O4/c1-6-9-14(19(23)27)15(12-13(2)3)20(28)24-18-21(29)25(4)16-10-7-8-11-17(16)26(5)22(18)30/h6-8,10-11,13-15,18H,1,9,12H2,2-5H3,(H2,23,27)(H,24,28). The Kier molecular flexibility index (Phi) is 7.37. The number of para-hydroxylation sites is 2. The first-order valence-electron chi connectivity index (χ1n) is 9.94. The van der Waals surface area contributed by atoms with Crippen molar-refractivity contribution in [2.75, 3.05) is 23.9 Å². The fourth-order valence-electron chi connectivity index (χ4n) is 3.75. The minimum atomic E-state index is -1.40. The quantitative estimate of drug-likeness (QED) is 0.495. The van der Waals surface area contributed by atoms with E-state index in [-0.39, 0.29) is 12.3 Å². The Morgan fingerprint density at radius 2 is 1.60 bits per heavy atom. The second kappa shape index (κ2) is 9.56. The van der Waals surface area contributed by atoms with E-state index in [4.69, 9.17) is 5.73 Å². The van der Waals surface area contributed by atoms with E-state index in [1.54, 1.807) is 38.4 Å². The average Bonchev–Trinajstić information content (AvgIpc) is 2.76. The Labute approximate surface area is 177 Å². The van der Waals surface area contributed by atoms with Gasteiger partial charge in [-0.15, -0.1) is 6.58 Å². The molecule has 162 valence electrons. The number of nitrogens with zero attached hydrogens (tertiary/aromatic N) is 2. The Morgan fingerprint density at radius 1 is 1.10 bits per heavy atom. The van der Waals surface area contributed by atoms with Crippen LogP contribution in [0.25, 0.3) is 0 Å². The topological polar surface area (TPSA) is 113 Å². The Balaban J connectivity index is 2.36. The molecule has 0 saturated carbocycles. The van der Waals surface area contributed by atoms with Crippen LogP contribution in [0.4, 0.5) is 11.4 Å². The lowest BCUT2D eigenvalue weighted by Crippen LogP contribution is -2.56. The molecule has 2 unspecified atom stereocenters.